The van der Waals surface area contributed by atoms with Crippen LogP contribution >= 0.6 is 0 Å². The van der Waals surface area contributed by atoms with Crippen LogP contribution in [-0.4, -0.2) is 38.5 Å². The van der Waals surface area contributed by atoms with Gasteiger partial charge in [0.2, 0.25) is 0 Å². The molecule has 4 nitrogen and oxygen atoms in total. The highest BCUT2D eigenvalue weighted by Crippen LogP contribution is 2.22. The van der Waals surface area contributed by atoms with Gasteiger partial charge in [-0.3, -0.25) is 9.58 Å². The Morgan fingerprint density at radius 1 is 1.53 bits per heavy atom. The Labute approximate surface area is 103 Å². The van der Waals surface area contributed by atoms with Gasteiger partial charge in [-0.2, -0.15) is 5.10 Å². The number of nitrogens with zero attached hydrogens (tertiary/aromatic N) is 3. The summed E-state index contributed by atoms with van der Waals surface area (Å²) in [7, 11) is 1.95. The Kier molecular flexibility index (Phi) is 4.18. The molecule has 1 aromatic rings. The zero-order chi connectivity index (χ0) is 12.3. The van der Waals surface area contributed by atoms with Gasteiger partial charge in [-0.15, -0.1) is 0 Å². The number of rotatable bonds is 4. The third-order valence-corrected chi connectivity index (χ3v) is 3.51. The Bertz CT molecular complexity index is 348. The summed E-state index contributed by atoms with van der Waals surface area (Å²) >= 11 is 0. The average Bonchev–Trinajstić information content (AvgIpc) is 2.66. The van der Waals surface area contributed by atoms with E-state index in [1.165, 1.54) is 24.8 Å². The van der Waals surface area contributed by atoms with E-state index in [1.54, 1.807) is 0 Å². The molecule has 96 valence electrons. The number of piperidine rings is 1. The molecule has 0 aromatic carbocycles. The van der Waals surface area contributed by atoms with Crippen molar-refractivity contribution in [2.45, 2.75) is 51.3 Å². The van der Waals surface area contributed by atoms with Gasteiger partial charge in [-0.05, 0) is 32.7 Å². The lowest BCUT2D eigenvalue weighted by Gasteiger charge is -2.36. The van der Waals surface area contributed by atoms with E-state index in [0.717, 1.165) is 19.5 Å². The first-order valence-electron chi connectivity index (χ1n) is 6.55. The molecule has 0 spiro atoms. The van der Waals surface area contributed by atoms with Crippen LogP contribution in [0, 0.1) is 0 Å². The van der Waals surface area contributed by atoms with E-state index in [-0.39, 0.29) is 6.10 Å². The molecule has 0 saturated carbocycles. The number of aromatic nitrogens is 2. The number of likely N-dealkylation sites (tertiary alicyclic amines) is 1. The monoisotopic (exact) mass is 237 g/mol. The highest BCUT2D eigenvalue weighted by Gasteiger charge is 2.23. The van der Waals surface area contributed by atoms with Crippen molar-refractivity contribution in [2.24, 2.45) is 7.05 Å². The lowest BCUT2D eigenvalue weighted by Crippen LogP contribution is -2.40. The van der Waals surface area contributed by atoms with Crippen molar-refractivity contribution in [1.82, 2.24) is 14.7 Å². The lowest BCUT2D eigenvalue weighted by molar-refractivity contribution is 0.0818. The Morgan fingerprint density at radius 2 is 2.35 bits per heavy atom. The normalized spacial score (nSPS) is 23.8. The topological polar surface area (TPSA) is 41.3 Å². The summed E-state index contributed by atoms with van der Waals surface area (Å²) in [4.78, 5) is 2.49. The molecule has 2 rings (SSSR count). The third-order valence-electron chi connectivity index (χ3n) is 3.51. The van der Waals surface area contributed by atoms with Gasteiger partial charge in [-0.1, -0.05) is 6.42 Å². The van der Waals surface area contributed by atoms with Crippen LogP contribution in [0.2, 0.25) is 0 Å². The van der Waals surface area contributed by atoms with Crippen LogP contribution < -0.4 is 0 Å². The molecule has 1 aliphatic rings. The lowest BCUT2D eigenvalue weighted by atomic mass is 9.97. The average molecular weight is 237 g/mol. The predicted octanol–water partition coefficient (Wildman–Crippen LogP) is 1.55. The first-order valence-corrected chi connectivity index (χ1v) is 6.55. The minimum absolute atomic E-state index is 0.200. The number of aliphatic hydroxyl groups excluding tert-OH is 1. The fourth-order valence-electron chi connectivity index (χ4n) is 2.72. The summed E-state index contributed by atoms with van der Waals surface area (Å²) in [6, 6.07) is 0.531. The predicted molar refractivity (Wildman–Crippen MR) is 67.6 cm³/mol. The molecule has 1 N–H and O–H groups in total. The Morgan fingerprint density at radius 3 is 3.00 bits per heavy atom. The maximum atomic E-state index is 9.55. The number of aliphatic hydroxyl groups is 1. The van der Waals surface area contributed by atoms with Gasteiger partial charge < -0.3 is 5.11 Å². The molecule has 0 amide bonds. The fourth-order valence-corrected chi connectivity index (χ4v) is 2.72. The van der Waals surface area contributed by atoms with Gasteiger partial charge in [0, 0.05) is 31.4 Å². The second kappa shape index (κ2) is 5.65. The minimum atomic E-state index is -0.200. The SMILES string of the molecule is CC(O)CC1CCCCN1Cc1cnn(C)c1. The van der Waals surface area contributed by atoms with Crippen LogP contribution in [0.15, 0.2) is 12.4 Å². The molecule has 0 aliphatic carbocycles. The fraction of sp³-hybridized carbons (Fsp3) is 0.769. The highest BCUT2D eigenvalue weighted by atomic mass is 16.3. The van der Waals surface area contributed by atoms with Crippen molar-refractivity contribution < 1.29 is 5.11 Å². The van der Waals surface area contributed by atoms with E-state index >= 15 is 0 Å². The molecule has 0 radical (unpaired) electrons. The van der Waals surface area contributed by atoms with Gasteiger partial charge in [0.15, 0.2) is 0 Å². The van der Waals surface area contributed by atoms with Crippen LogP contribution in [-0.2, 0) is 13.6 Å². The van der Waals surface area contributed by atoms with E-state index in [1.807, 2.05) is 24.9 Å². The molecule has 4 heteroatoms. The summed E-state index contributed by atoms with van der Waals surface area (Å²) in [5, 5.41) is 13.8. The van der Waals surface area contributed by atoms with Crippen LogP contribution in [0.5, 0.6) is 0 Å². The van der Waals surface area contributed by atoms with E-state index in [0.29, 0.717) is 6.04 Å². The van der Waals surface area contributed by atoms with Crippen molar-refractivity contribution in [1.29, 1.82) is 0 Å². The van der Waals surface area contributed by atoms with E-state index < -0.39 is 0 Å². The van der Waals surface area contributed by atoms with Crippen LogP contribution in [0.1, 0.15) is 38.2 Å². The summed E-state index contributed by atoms with van der Waals surface area (Å²) in [6.07, 6.45) is 8.49. The van der Waals surface area contributed by atoms with Gasteiger partial charge in [-0.25, -0.2) is 0 Å². The molecule has 0 bridgehead atoms. The van der Waals surface area contributed by atoms with Gasteiger partial charge in [0.1, 0.15) is 0 Å². The Hall–Kier alpha value is -0.870. The minimum Gasteiger partial charge on any atom is -0.393 e. The first-order chi connectivity index (χ1) is 8.15. The second-order valence-electron chi connectivity index (χ2n) is 5.23. The summed E-state index contributed by atoms with van der Waals surface area (Å²) in [5.41, 5.74) is 1.27. The molecule has 2 atom stereocenters. The molecule has 1 saturated heterocycles. The summed E-state index contributed by atoms with van der Waals surface area (Å²) < 4.78 is 1.85. The molecule has 2 unspecified atom stereocenters. The maximum absolute atomic E-state index is 9.55. The van der Waals surface area contributed by atoms with Crippen molar-refractivity contribution in [3.05, 3.63) is 18.0 Å². The van der Waals surface area contributed by atoms with E-state index in [2.05, 4.69) is 16.2 Å². The number of hydrogen-bond acceptors (Lipinski definition) is 3. The van der Waals surface area contributed by atoms with Crippen LogP contribution in [0.4, 0.5) is 0 Å². The van der Waals surface area contributed by atoms with Crippen molar-refractivity contribution in [3.8, 4) is 0 Å². The van der Waals surface area contributed by atoms with E-state index in [4.69, 9.17) is 0 Å². The molecule has 1 aromatic heterocycles. The molecular formula is C13H23N3O. The quantitative estimate of drug-likeness (QED) is 0.863. The third kappa shape index (κ3) is 3.54. The van der Waals surface area contributed by atoms with Crippen molar-refractivity contribution >= 4 is 0 Å². The zero-order valence-electron chi connectivity index (χ0n) is 10.8. The standard InChI is InChI=1S/C13H23N3O/c1-11(17)7-13-5-3-4-6-16(13)10-12-8-14-15(2)9-12/h8-9,11,13,17H,3-7,10H2,1-2H3. The second-order valence-corrected chi connectivity index (χ2v) is 5.23. The molecule has 17 heavy (non-hydrogen) atoms. The van der Waals surface area contributed by atoms with Crippen LogP contribution in [0.3, 0.4) is 0 Å². The molecule has 2 heterocycles. The van der Waals surface area contributed by atoms with Crippen molar-refractivity contribution in [2.75, 3.05) is 6.54 Å². The number of aryl methyl sites for hydroxylation is 1. The molecule has 1 aliphatic heterocycles. The van der Waals surface area contributed by atoms with Gasteiger partial charge >= 0.3 is 0 Å². The van der Waals surface area contributed by atoms with Gasteiger partial charge in [0.25, 0.3) is 0 Å². The van der Waals surface area contributed by atoms with Gasteiger partial charge in [0.05, 0.1) is 12.3 Å². The maximum Gasteiger partial charge on any atom is 0.0534 e. The summed E-state index contributed by atoms with van der Waals surface area (Å²) in [6.45, 7) is 3.99. The molecule has 1 fully saturated rings. The first kappa shape index (κ1) is 12.6. The largest absolute Gasteiger partial charge is 0.393 e. The van der Waals surface area contributed by atoms with Crippen molar-refractivity contribution in [3.63, 3.8) is 0 Å². The summed E-state index contributed by atoms with van der Waals surface area (Å²) in [5.74, 6) is 0. The highest BCUT2D eigenvalue weighted by molar-refractivity contribution is 5.04. The van der Waals surface area contributed by atoms with E-state index in [9.17, 15) is 5.11 Å². The van der Waals surface area contributed by atoms with Crippen LogP contribution in [0.25, 0.3) is 0 Å². The smallest absolute Gasteiger partial charge is 0.0534 e. The zero-order valence-corrected chi connectivity index (χ0v) is 10.8. The molecular weight excluding hydrogens is 214 g/mol. The Balaban J connectivity index is 1.96. The number of hydrogen-bond donors (Lipinski definition) is 1.